The molecule has 0 saturated heterocycles. The Morgan fingerprint density at radius 3 is 2.89 bits per heavy atom. The molecule has 0 saturated carbocycles. The Morgan fingerprint density at radius 2 is 2.26 bits per heavy atom. The van der Waals surface area contributed by atoms with E-state index in [0.29, 0.717) is 17.9 Å². The van der Waals surface area contributed by atoms with Gasteiger partial charge in [-0.2, -0.15) is 5.10 Å². The van der Waals surface area contributed by atoms with Crippen molar-refractivity contribution in [3.8, 4) is 0 Å². The van der Waals surface area contributed by atoms with E-state index in [0.717, 1.165) is 13.9 Å². The fourth-order valence-electron chi connectivity index (χ4n) is 1.61. The highest BCUT2D eigenvalue weighted by atomic mass is 127. The number of nitrogens with zero attached hydrogens (tertiary/aromatic N) is 3. The second kappa shape index (κ2) is 6.00. The molecule has 19 heavy (non-hydrogen) atoms. The highest BCUT2D eigenvalue weighted by Crippen LogP contribution is 2.21. The molecule has 1 aromatic carbocycles. The maximum absolute atomic E-state index is 12.4. The van der Waals surface area contributed by atoms with Crippen LogP contribution in [0.25, 0.3) is 0 Å². The number of hydrogen-bond donors (Lipinski definition) is 1. The molecule has 0 aliphatic carbocycles. The molecule has 7 heteroatoms. The summed E-state index contributed by atoms with van der Waals surface area (Å²) in [5, 5.41) is 6.79. The number of benzene rings is 1. The molecule has 0 aliphatic heterocycles. The number of H-pyrrole nitrogens is 1. The lowest BCUT2D eigenvalue weighted by molar-refractivity contribution is 0.0780. The Kier molecular flexibility index (Phi) is 4.56. The first kappa shape index (κ1) is 14.4. The number of aromatic nitrogens is 3. The van der Waals surface area contributed by atoms with Crippen LogP contribution >= 0.6 is 38.5 Å². The average Bonchev–Trinajstić information content (AvgIpc) is 2.77. The largest absolute Gasteiger partial charge is 0.334 e. The molecular formula is C12H12BrIN4O. The number of carbonyl (C=O) groups excluding carboxylic acids is 1. The highest BCUT2D eigenvalue weighted by Gasteiger charge is 2.16. The molecule has 2 aromatic rings. The van der Waals surface area contributed by atoms with Gasteiger partial charge in [-0.25, -0.2) is 4.98 Å². The molecule has 1 N–H and O–H groups in total. The number of aromatic amines is 1. The minimum atomic E-state index is -0.0622. The van der Waals surface area contributed by atoms with E-state index in [2.05, 4.69) is 53.7 Å². The Bertz CT molecular complexity index is 614. The molecule has 1 amide bonds. The number of hydrogen-bond acceptors (Lipinski definition) is 3. The van der Waals surface area contributed by atoms with Gasteiger partial charge in [0.05, 0.1) is 12.1 Å². The summed E-state index contributed by atoms with van der Waals surface area (Å²) < 4.78 is 1.81. The predicted molar refractivity (Wildman–Crippen MR) is 83.8 cm³/mol. The Morgan fingerprint density at radius 1 is 1.53 bits per heavy atom. The molecule has 1 aromatic heterocycles. The van der Waals surface area contributed by atoms with E-state index in [1.54, 1.807) is 11.9 Å². The average molecular weight is 435 g/mol. The van der Waals surface area contributed by atoms with Crippen LogP contribution in [0.5, 0.6) is 0 Å². The van der Waals surface area contributed by atoms with Crippen molar-refractivity contribution < 1.29 is 4.79 Å². The number of halogens is 2. The summed E-state index contributed by atoms with van der Waals surface area (Å²) >= 11 is 5.59. The van der Waals surface area contributed by atoms with Crippen molar-refractivity contribution in [2.45, 2.75) is 13.5 Å². The van der Waals surface area contributed by atoms with Crippen molar-refractivity contribution in [2.24, 2.45) is 0 Å². The van der Waals surface area contributed by atoms with Crippen molar-refractivity contribution in [1.82, 2.24) is 20.1 Å². The van der Waals surface area contributed by atoms with Crippen LogP contribution < -0.4 is 0 Å². The van der Waals surface area contributed by atoms with Gasteiger partial charge in [-0.15, -0.1) is 0 Å². The van der Waals surface area contributed by atoms with Crippen molar-refractivity contribution in [3.05, 3.63) is 43.5 Å². The van der Waals surface area contributed by atoms with Gasteiger partial charge >= 0.3 is 0 Å². The normalized spacial score (nSPS) is 10.5. The summed E-state index contributed by atoms with van der Waals surface area (Å²) in [6.07, 6.45) is 0. The van der Waals surface area contributed by atoms with E-state index in [1.807, 2.05) is 25.1 Å². The van der Waals surface area contributed by atoms with E-state index >= 15 is 0 Å². The third kappa shape index (κ3) is 3.53. The maximum Gasteiger partial charge on any atom is 0.255 e. The number of amides is 1. The van der Waals surface area contributed by atoms with Crippen LogP contribution in [0.2, 0.25) is 0 Å². The highest BCUT2D eigenvalue weighted by molar-refractivity contribution is 14.1. The Balaban J connectivity index is 2.16. The zero-order chi connectivity index (χ0) is 14.0. The second-order valence-corrected chi connectivity index (χ2v) is 6.22. The maximum atomic E-state index is 12.4. The number of nitrogens with one attached hydrogen (secondary N) is 1. The first-order valence-corrected chi connectivity index (χ1v) is 7.43. The molecule has 2 rings (SSSR count). The third-order valence-electron chi connectivity index (χ3n) is 2.53. The smallest absolute Gasteiger partial charge is 0.255 e. The fraction of sp³-hybridized carbons (Fsp3) is 0.250. The van der Waals surface area contributed by atoms with Gasteiger partial charge in [0.2, 0.25) is 0 Å². The molecule has 0 atom stereocenters. The van der Waals surface area contributed by atoms with Crippen molar-refractivity contribution >= 4 is 44.4 Å². The molecule has 0 bridgehead atoms. The summed E-state index contributed by atoms with van der Waals surface area (Å²) in [5.74, 6) is 1.29. The fourth-order valence-corrected chi connectivity index (χ4v) is 2.52. The van der Waals surface area contributed by atoms with Gasteiger partial charge in [0.25, 0.3) is 5.91 Å². The summed E-state index contributed by atoms with van der Waals surface area (Å²) in [6.45, 7) is 2.20. The molecular weight excluding hydrogens is 423 g/mol. The second-order valence-electron chi connectivity index (χ2n) is 4.12. The van der Waals surface area contributed by atoms with Crippen LogP contribution in [-0.4, -0.2) is 33.0 Å². The minimum Gasteiger partial charge on any atom is -0.334 e. The number of aryl methyl sites for hydroxylation is 1. The van der Waals surface area contributed by atoms with Crippen LogP contribution in [0.4, 0.5) is 0 Å². The van der Waals surface area contributed by atoms with E-state index in [-0.39, 0.29) is 5.91 Å². The third-order valence-corrected chi connectivity index (χ3v) is 3.89. The minimum absolute atomic E-state index is 0.0622. The van der Waals surface area contributed by atoms with Gasteiger partial charge in [-0.05, 0) is 63.6 Å². The van der Waals surface area contributed by atoms with Crippen molar-refractivity contribution in [2.75, 3.05) is 7.05 Å². The lowest BCUT2D eigenvalue weighted by Crippen LogP contribution is -2.27. The Labute approximate surface area is 133 Å². The SMILES string of the molecule is Cc1nc(CN(C)C(=O)c2cc(I)ccc2Br)n[nH]1. The van der Waals surface area contributed by atoms with Gasteiger partial charge in [0, 0.05) is 15.1 Å². The Hall–Kier alpha value is -0.960. The van der Waals surface area contributed by atoms with E-state index in [9.17, 15) is 4.79 Å². The van der Waals surface area contributed by atoms with Gasteiger partial charge in [0.15, 0.2) is 5.82 Å². The number of carbonyl (C=O) groups is 1. The van der Waals surface area contributed by atoms with Gasteiger partial charge in [0.1, 0.15) is 5.82 Å². The summed E-state index contributed by atoms with van der Waals surface area (Å²) in [5.41, 5.74) is 0.640. The standard InChI is InChI=1S/C12H12BrIN4O/c1-7-15-11(17-16-7)6-18(2)12(19)9-5-8(14)3-4-10(9)13/h3-5H,6H2,1-2H3,(H,15,16,17). The monoisotopic (exact) mass is 434 g/mol. The van der Waals surface area contributed by atoms with Gasteiger partial charge < -0.3 is 4.90 Å². The van der Waals surface area contributed by atoms with Crippen LogP contribution in [0.15, 0.2) is 22.7 Å². The first-order chi connectivity index (χ1) is 8.97. The molecule has 100 valence electrons. The van der Waals surface area contributed by atoms with Gasteiger partial charge in [-0.3, -0.25) is 9.89 Å². The molecule has 1 heterocycles. The molecule has 5 nitrogen and oxygen atoms in total. The summed E-state index contributed by atoms with van der Waals surface area (Å²) in [6, 6.07) is 5.67. The van der Waals surface area contributed by atoms with Crippen LogP contribution in [0.1, 0.15) is 22.0 Å². The summed E-state index contributed by atoms with van der Waals surface area (Å²) in [4.78, 5) is 18.1. The topological polar surface area (TPSA) is 61.9 Å². The molecule has 0 aliphatic rings. The molecule has 0 spiro atoms. The molecule has 0 fully saturated rings. The lowest BCUT2D eigenvalue weighted by Gasteiger charge is -2.16. The van der Waals surface area contributed by atoms with Crippen LogP contribution in [0.3, 0.4) is 0 Å². The quantitative estimate of drug-likeness (QED) is 0.755. The van der Waals surface area contributed by atoms with E-state index in [4.69, 9.17) is 0 Å². The van der Waals surface area contributed by atoms with Crippen LogP contribution in [-0.2, 0) is 6.54 Å². The van der Waals surface area contributed by atoms with E-state index in [1.165, 1.54) is 0 Å². The predicted octanol–water partition coefficient (Wildman–Crippen LogP) is 2.75. The van der Waals surface area contributed by atoms with E-state index < -0.39 is 0 Å². The van der Waals surface area contributed by atoms with Crippen LogP contribution in [0, 0.1) is 10.5 Å². The first-order valence-electron chi connectivity index (χ1n) is 5.56. The van der Waals surface area contributed by atoms with Gasteiger partial charge in [-0.1, -0.05) is 0 Å². The zero-order valence-corrected chi connectivity index (χ0v) is 14.2. The lowest BCUT2D eigenvalue weighted by atomic mass is 10.2. The van der Waals surface area contributed by atoms with Crippen molar-refractivity contribution in [3.63, 3.8) is 0 Å². The molecule has 0 radical (unpaired) electrons. The zero-order valence-electron chi connectivity index (χ0n) is 10.4. The molecule has 0 unspecified atom stereocenters. The number of rotatable bonds is 3. The van der Waals surface area contributed by atoms with Crippen molar-refractivity contribution in [1.29, 1.82) is 0 Å². The summed E-state index contributed by atoms with van der Waals surface area (Å²) in [7, 11) is 1.74.